The van der Waals surface area contributed by atoms with Crippen LogP contribution in [-0.4, -0.2) is 19.5 Å². The predicted molar refractivity (Wildman–Crippen MR) is 39.1 cm³/mol. The van der Waals surface area contributed by atoms with Gasteiger partial charge in [0, 0.05) is 0 Å². The minimum Gasteiger partial charge on any atom is -0.369 e. The van der Waals surface area contributed by atoms with Crippen LogP contribution >= 0.6 is 0 Å². The monoisotopic (exact) mass is 132 g/mol. The number of hydrogen-bond acceptors (Lipinski definition) is 2. The second kappa shape index (κ2) is 10.4. The van der Waals surface area contributed by atoms with Gasteiger partial charge in [0.2, 0.25) is 5.91 Å². The van der Waals surface area contributed by atoms with E-state index in [9.17, 15) is 4.79 Å². The molecule has 3 heteroatoms. The van der Waals surface area contributed by atoms with Crippen LogP contribution in [0.3, 0.4) is 0 Å². The molecule has 0 aromatic heterocycles. The Kier molecular flexibility index (Phi) is 13.0. The molecule has 0 atom stereocenters. The smallest absolute Gasteiger partial charge is 0.231 e. The zero-order valence-corrected chi connectivity index (χ0v) is 6.40. The summed E-state index contributed by atoms with van der Waals surface area (Å²) in [5.74, 6) is -0.322. The van der Waals surface area contributed by atoms with Gasteiger partial charge in [0.05, 0.1) is 6.54 Å². The fraction of sp³-hybridized carbons (Fsp3) is 0.833. The average Bonchev–Trinajstić information content (AvgIpc) is 1.67. The first kappa shape index (κ1) is 11.3. The number of nitrogens with two attached hydrogens (primary N) is 1. The van der Waals surface area contributed by atoms with Crippen LogP contribution in [-0.2, 0) is 4.79 Å². The quantitative estimate of drug-likeness (QED) is 0.560. The van der Waals surface area contributed by atoms with Crippen molar-refractivity contribution >= 4 is 5.91 Å². The molecule has 9 heavy (non-hydrogen) atoms. The molecule has 0 spiro atoms. The molecular weight excluding hydrogens is 116 g/mol. The molecule has 0 heterocycles. The van der Waals surface area contributed by atoms with E-state index in [1.165, 1.54) is 6.42 Å². The maximum atomic E-state index is 9.76. The van der Waals surface area contributed by atoms with Crippen LogP contribution in [0.25, 0.3) is 0 Å². The number of primary amides is 1. The molecule has 3 N–H and O–H groups in total. The van der Waals surface area contributed by atoms with Crippen molar-refractivity contribution in [3.05, 3.63) is 0 Å². The Bertz CT molecular complexity index is 64.1. The van der Waals surface area contributed by atoms with Gasteiger partial charge in [-0.3, -0.25) is 4.79 Å². The Morgan fingerprint density at radius 3 is 1.89 bits per heavy atom. The molecule has 0 saturated carbocycles. The first-order valence-corrected chi connectivity index (χ1v) is 3.11. The number of carbonyl (C=O) groups is 1. The zero-order valence-electron chi connectivity index (χ0n) is 6.40. The van der Waals surface area contributed by atoms with E-state index in [1.54, 1.807) is 7.05 Å². The van der Waals surface area contributed by atoms with E-state index >= 15 is 0 Å². The molecule has 0 unspecified atom stereocenters. The van der Waals surface area contributed by atoms with E-state index < -0.39 is 0 Å². The van der Waals surface area contributed by atoms with E-state index in [-0.39, 0.29) is 12.5 Å². The minimum absolute atomic E-state index is 0.264. The highest BCUT2D eigenvalue weighted by atomic mass is 16.1. The summed E-state index contributed by atoms with van der Waals surface area (Å²) in [6, 6.07) is 0. The van der Waals surface area contributed by atoms with E-state index in [2.05, 4.69) is 19.2 Å². The van der Waals surface area contributed by atoms with Crippen LogP contribution in [0, 0.1) is 0 Å². The summed E-state index contributed by atoms with van der Waals surface area (Å²) in [5, 5.41) is 2.59. The molecule has 0 aromatic rings. The first-order valence-electron chi connectivity index (χ1n) is 3.11. The maximum Gasteiger partial charge on any atom is 0.231 e. The van der Waals surface area contributed by atoms with Crippen LogP contribution in [0.1, 0.15) is 20.3 Å². The van der Waals surface area contributed by atoms with Crippen LogP contribution < -0.4 is 11.1 Å². The van der Waals surface area contributed by atoms with Crippen molar-refractivity contribution < 1.29 is 4.79 Å². The number of amides is 1. The summed E-state index contributed by atoms with van der Waals surface area (Å²) in [6.07, 6.45) is 1.25. The standard InChI is InChI=1S/C3H8N2O.C3H8/c1-5-2-3(4)6;1-3-2/h5H,2H2,1H3,(H2,4,6);3H2,1-2H3. The third-order valence-corrected chi connectivity index (χ3v) is 0.351. The van der Waals surface area contributed by atoms with Gasteiger partial charge in [-0.1, -0.05) is 20.3 Å². The zero-order chi connectivity index (χ0) is 7.70. The molecule has 0 saturated heterocycles. The molecule has 1 amide bonds. The van der Waals surface area contributed by atoms with E-state index in [0.717, 1.165) is 0 Å². The largest absolute Gasteiger partial charge is 0.369 e. The van der Waals surface area contributed by atoms with Crippen molar-refractivity contribution in [3.8, 4) is 0 Å². The Morgan fingerprint density at radius 1 is 1.56 bits per heavy atom. The molecule has 3 nitrogen and oxygen atoms in total. The van der Waals surface area contributed by atoms with Gasteiger partial charge >= 0.3 is 0 Å². The van der Waals surface area contributed by atoms with Gasteiger partial charge in [-0.25, -0.2) is 0 Å². The summed E-state index contributed by atoms with van der Waals surface area (Å²) >= 11 is 0. The molecule has 0 aliphatic heterocycles. The first-order chi connectivity index (χ1) is 4.18. The fourth-order valence-electron chi connectivity index (χ4n) is 0.174. The van der Waals surface area contributed by atoms with Crippen molar-refractivity contribution in [1.29, 1.82) is 0 Å². The van der Waals surface area contributed by atoms with Crippen LogP contribution in [0.4, 0.5) is 0 Å². The van der Waals surface area contributed by atoms with Crippen LogP contribution in [0.15, 0.2) is 0 Å². The predicted octanol–water partition coefficient (Wildman–Crippen LogP) is 0.107. The second-order valence-electron chi connectivity index (χ2n) is 1.70. The summed E-state index contributed by atoms with van der Waals surface area (Å²) < 4.78 is 0. The Morgan fingerprint density at radius 2 is 1.89 bits per heavy atom. The lowest BCUT2D eigenvalue weighted by Crippen LogP contribution is -2.25. The Hall–Kier alpha value is -0.570. The van der Waals surface area contributed by atoms with Gasteiger partial charge < -0.3 is 11.1 Å². The topological polar surface area (TPSA) is 55.1 Å². The van der Waals surface area contributed by atoms with Gasteiger partial charge in [-0.2, -0.15) is 0 Å². The number of carbonyl (C=O) groups excluding carboxylic acids is 1. The summed E-state index contributed by atoms with van der Waals surface area (Å²) in [7, 11) is 1.67. The van der Waals surface area contributed by atoms with Gasteiger partial charge in [-0.15, -0.1) is 0 Å². The molecule has 0 aliphatic rings. The summed E-state index contributed by atoms with van der Waals surface area (Å²) in [5.41, 5.74) is 4.70. The molecule has 0 aromatic carbocycles. The number of likely N-dealkylation sites (N-methyl/N-ethyl adjacent to an activating group) is 1. The van der Waals surface area contributed by atoms with Crippen molar-refractivity contribution in [3.63, 3.8) is 0 Å². The highest BCUT2D eigenvalue weighted by molar-refractivity contribution is 5.75. The lowest BCUT2D eigenvalue weighted by atomic mass is 10.6. The summed E-state index contributed by atoms with van der Waals surface area (Å²) in [6.45, 7) is 4.51. The van der Waals surface area contributed by atoms with Crippen molar-refractivity contribution in [2.45, 2.75) is 20.3 Å². The van der Waals surface area contributed by atoms with Crippen molar-refractivity contribution in [2.75, 3.05) is 13.6 Å². The number of hydrogen-bond donors (Lipinski definition) is 2. The SMILES string of the molecule is CCC.CNCC(N)=O. The molecule has 0 aliphatic carbocycles. The van der Waals surface area contributed by atoms with Gasteiger partial charge in [0.15, 0.2) is 0 Å². The minimum atomic E-state index is -0.322. The molecule has 0 rings (SSSR count). The molecule has 56 valence electrons. The highest BCUT2D eigenvalue weighted by Crippen LogP contribution is 1.56. The van der Waals surface area contributed by atoms with E-state index in [0.29, 0.717) is 0 Å². The third kappa shape index (κ3) is 37.1. The van der Waals surface area contributed by atoms with Gasteiger partial charge in [0.25, 0.3) is 0 Å². The number of nitrogens with one attached hydrogen (secondary N) is 1. The fourth-order valence-corrected chi connectivity index (χ4v) is 0.174. The Labute approximate surface area is 56.6 Å². The van der Waals surface area contributed by atoms with Crippen molar-refractivity contribution in [1.82, 2.24) is 5.32 Å². The molecule has 0 radical (unpaired) electrons. The molecule has 0 fully saturated rings. The van der Waals surface area contributed by atoms with E-state index in [4.69, 9.17) is 5.73 Å². The Balaban J connectivity index is 0. The normalized spacial score (nSPS) is 7.44. The van der Waals surface area contributed by atoms with Gasteiger partial charge in [0.1, 0.15) is 0 Å². The highest BCUT2D eigenvalue weighted by Gasteiger charge is 1.82. The molecule has 0 bridgehead atoms. The lowest BCUT2D eigenvalue weighted by Gasteiger charge is -1.85. The van der Waals surface area contributed by atoms with Crippen LogP contribution in [0.2, 0.25) is 0 Å². The molecular formula is C6H16N2O. The number of rotatable bonds is 2. The van der Waals surface area contributed by atoms with Crippen LogP contribution in [0.5, 0.6) is 0 Å². The second-order valence-corrected chi connectivity index (χ2v) is 1.70. The lowest BCUT2D eigenvalue weighted by molar-refractivity contribution is -0.117. The van der Waals surface area contributed by atoms with Gasteiger partial charge in [-0.05, 0) is 7.05 Å². The van der Waals surface area contributed by atoms with Crippen molar-refractivity contribution in [2.24, 2.45) is 5.73 Å². The average molecular weight is 132 g/mol. The maximum absolute atomic E-state index is 9.76. The van der Waals surface area contributed by atoms with E-state index in [1.807, 2.05) is 0 Å². The summed E-state index contributed by atoms with van der Waals surface area (Å²) in [4.78, 5) is 9.76. The third-order valence-electron chi connectivity index (χ3n) is 0.351.